The lowest BCUT2D eigenvalue weighted by Gasteiger charge is -2.20. The van der Waals surface area contributed by atoms with Crippen molar-refractivity contribution in [3.05, 3.63) is 89.2 Å². The number of carbonyl (C=O) groups excluding carboxylic acids is 1. The van der Waals surface area contributed by atoms with Crippen molar-refractivity contribution in [2.75, 3.05) is 11.4 Å². The summed E-state index contributed by atoms with van der Waals surface area (Å²) in [7, 11) is -2.32. The van der Waals surface area contributed by atoms with Crippen LogP contribution in [0.25, 0.3) is 0 Å². The lowest BCUT2D eigenvalue weighted by molar-refractivity contribution is 0.0950. The molecule has 0 saturated carbocycles. The van der Waals surface area contributed by atoms with Crippen LogP contribution in [0.2, 0.25) is 5.02 Å². The second kappa shape index (κ2) is 8.41. The Balaban J connectivity index is 1.83. The molecule has 0 radical (unpaired) electrons. The van der Waals surface area contributed by atoms with Crippen LogP contribution < -0.4 is 9.62 Å². The minimum absolute atomic E-state index is 0.161. The number of carbonyl (C=O) groups is 1. The van der Waals surface area contributed by atoms with E-state index in [9.17, 15) is 13.2 Å². The smallest absolute Gasteiger partial charge is 0.264 e. The van der Waals surface area contributed by atoms with Gasteiger partial charge in [0.25, 0.3) is 15.9 Å². The van der Waals surface area contributed by atoms with E-state index in [0.29, 0.717) is 11.4 Å². The molecular weight excluding hydrogens is 398 g/mol. The molecule has 3 aromatic rings. The summed E-state index contributed by atoms with van der Waals surface area (Å²) in [6.07, 6.45) is 1.64. The van der Waals surface area contributed by atoms with Crippen LogP contribution >= 0.6 is 11.6 Å². The Bertz CT molecular complexity index is 1070. The molecule has 1 amide bonds. The van der Waals surface area contributed by atoms with Crippen LogP contribution in [-0.4, -0.2) is 26.4 Å². The highest BCUT2D eigenvalue weighted by molar-refractivity contribution is 7.92. The largest absolute Gasteiger partial charge is 0.346 e. The molecule has 0 fully saturated rings. The Morgan fingerprint density at radius 1 is 1.07 bits per heavy atom. The maximum absolute atomic E-state index is 12.8. The van der Waals surface area contributed by atoms with Crippen molar-refractivity contribution in [3.63, 3.8) is 0 Å². The number of nitrogens with zero attached hydrogens (tertiary/aromatic N) is 2. The lowest BCUT2D eigenvalue weighted by Crippen LogP contribution is -2.28. The normalized spacial score (nSPS) is 11.1. The molecule has 144 valence electrons. The predicted molar refractivity (Wildman–Crippen MR) is 109 cm³/mol. The van der Waals surface area contributed by atoms with Gasteiger partial charge in [-0.1, -0.05) is 35.9 Å². The number of pyridine rings is 1. The highest BCUT2D eigenvalue weighted by atomic mass is 35.5. The standard InChI is InChI=1S/C20H18ClN3O3S/c1-24(28(26,27)17-8-3-2-4-9-17)16-10-11-19(21)18(13-16)20(25)23-14-15-7-5-6-12-22-15/h2-13H,14H2,1H3,(H,23,25). The molecular formula is C20H18ClN3O3S. The van der Waals surface area contributed by atoms with Crippen molar-refractivity contribution in [1.29, 1.82) is 0 Å². The van der Waals surface area contributed by atoms with Gasteiger partial charge in [0.15, 0.2) is 0 Å². The number of amides is 1. The Kier molecular flexibility index (Phi) is 5.96. The monoisotopic (exact) mass is 415 g/mol. The van der Waals surface area contributed by atoms with E-state index in [4.69, 9.17) is 11.6 Å². The van der Waals surface area contributed by atoms with Crippen molar-refractivity contribution in [2.45, 2.75) is 11.4 Å². The third kappa shape index (κ3) is 4.32. The van der Waals surface area contributed by atoms with Gasteiger partial charge in [-0.25, -0.2) is 8.42 Å². The first kappa shape index (κ1) is 19.9. The number of nitrogens with one attached hydrogen (secondary N) is 1. The first-order valence-electron chi connectivity index (χ1n) is 8.41. The first-order chi connectivity index (χ1) is 13.4. The third-order valence-corrected chi connectivity index (χ3v) is 6.25. The second-order valence-corrected chi connectivity index (χ2v) is 8.33. The van der Waals surface area contributed by atoms with Gasteiger partial charge in [0.05, 0.1) is 33.4 Å². The van der Waals surface area contributed by atoms with Crippen LogP contribution in [0.3, 0.4) is 0 Å². The number of hydrogen-bond acceptors (Lipinski definition) is 4. The van der Waals surface area contributed by atoms with Crippen molar-refractivity contribution in [2.24, 2.45) is 0 Å². The van der Waals surface area contributed by atoms with E-state index in [1.165, 1.54) is 31.3 Å². The summed E-state index contributed by atoms with van der Waals surface area (Å²) < 4.78 is 26.7. The van der Waals surface area contributed by atoms with Crippen LogP contribution in [-0.2, 0) is 16.6 Å². The molecule has 0 aliphatic heterocycles. The number of halogens is 1. The summed E-state index contributed by atoms with van der Waals surface area (Å²) in [5.74, 6) is -0.414. The fourth-order valence-corrected chi connectivity index (χ4v) is 3.95. The third-order valence-electron chi connectivity index (χ3n) is 4.12. The van der Waals surface area contributed by atoms with Crippen LogP contribution in [0.5, 0.6) is 0 Å². The molecule has 0 bridgehead atoms. The summed E-state index contributed by atoms with van der Waals surface area (Å²) in [4.78, 5) is 16.8. The summed E-state index contributed by atoms with van der Waals surface area (Å²) >= 11 is 6.16. The molecule has 1 aromatic heterocycles. The van der Waals surface area contributed by atoms with Crippen LogP contribution in [0.15, 0.2) is 77.8 Å². The van der Waals surface area contributed by atoms with Gasteiger partial charge in [0.1, 0.15) is 0 Å². The summed E-state index contributed by atoms with van der Waals surface area (Å²) in [5.41, 5.74) is 1.22. The minimum atomic E-state index is -3.75. The van der Waals surface area contributed by atoms with Gasteiger partial charge in [0.2, 0.25) is 0 Å². The van der Waals surface area contributed by atoms with Crippen LogP contribution in [0, 0.1) is 0 Å². The lowest BCUT2D eigenvalue weighted by atomic mass is 10.2. The van der Waals surface area contributed by atoms with Gasteiger partial charge in [-0.2, -0.15) is 0 Å². The molecule has 8 heteroatoms. The average molecular weight is 416 g/mol. The molecule has 2 aromatic carbocycles. The van der Waals surface area contributed by atoms with Gasteiger partial charge in [-0.05, 0) is 42.5 Å². The van der Waals surface area contributed by atoms with Gasteiger partial charge >= 0.3 is 0 Å². The molecule has 1 heterocycles. The number of hydrogen-bond donors (Lipinski definition) is 1. The first-order valence-corrected chi connectivity index (χ1v) is 10.2. The molecule has 0 atom stereocenters. The van der Waals surface area contributed by atoms with E-state index in [1.807, 2.05) is 6.07 Å². The van der Waals surface area contributed by atoms with Gasteiger partial charge in [-0.15, -0.1) is 0 Å². The Labute approximate surface area is 168 Å². The van der Waals surface area contributed by atoms with Gasteiger partial charge in [-0.3, -0.25) is 14.1 Å². The molecule has 0 aliphatic rings. The number of sulfonamides is 1. The molecule has 28 heavy (non-hydrogen) atoms. The average Bonchev–Trinajstić information content (AvgIpc) is 2.73. The zero-order chi connectivity index (χ0) is 20.1. The van der Waals surface area contributed by atoms with Crippen molar-refractivity contribution >= 4 is 33.2 Å². The molecule has 0 unspecified atom stereocenters. The van der Waals surface area contributed by atoms with Crippen LogP contribution in [0.4, 0.5) is 5.69 Å². The zero-order valence-electron chi connectivity index (χ0n) is 15.0. The molecule has 0 saturated heterocycles. The Morgan fingerprint density at radius 3 is 2.46 bits per heavy atom. The highest BCUT2D eigenvalue weighted by Gasteiger charge is 2.22. The fourth-order valence-electron chi connectivity index (χ4n) is 2.54. The van der Waals surface area contributed by atoms with E-state index in [-0.39, 0.29) is 22.0 Å². The topological polar surface area (TPSA) is 79.4 Å². The summed E-state index contributed by atoms with van der Waals surface area (Å²) in [6.45, 7) is 0.235. The van der Waals surface area contributed by atoms with E-state index >= 15 is 0 Å². The maximum atomic E-state index is 12.8. The minimum Gasteiger partial charge on any atom is -0.346 e. The summed E-state index contributed by atoms with van der Waals surface area (Å²) in [6, 6.07) is 18.0. The number of anilines is 1. The molecule has 0 spiro atoms. The summed E-state index contributed by atoms with van der Waals surface area (Å²) in [5, 5.41) is 2.97. The zero-order valence-corrected chi connectivity index (χ0v) is 16.6. The predicted octanol–water partition coefficient (Wildman–Crippen LogP) is 3.49. The van der Waals surface area contributed by atoms with Gasteiger partial charge in [0, 0.05) is 13.2 Å². The molecule has 3 rings (SSSR count). The Morgan fingerprint density at radius 2 is 1.79 bits per heavy atom. The van der Waals surface area contributed by atoms with E-state index in [2.05, 4.69) is 10.3 Å². The number of rotatable bonds is 6. The van der Waals surface area contributed by atoms with Crippen molar-refractivity contribution in [3.8, 4) is 0 Å². The van der Waals surface area contributed by atoms with Crippen LogP contribution in [0.1, 0.15) is 16.1 Å². The van der Waals surface area contributed by atoms with Crippen molar-refractivity contribution < 1.29 is 13.2 Å². The molecule has 0 aliphatic carbocycles. The Hall–Kier alpha value is -2.90. The SMILES string of the molecule is CN(c1ccc(Cl)c(C(=O)NCc2ccccn2)c1)S(=O)(=O)c1ccccc1. The number of aromatic nitrogens is 1. The molecule has 1 N–H and O–H groups in total. The maximum Gasteiger partial charge on any atom is 0.264 e. The number of benzene rings is 2. The van der Waals surface area contributed by atoms with E-state index in [0.717, 1.165) is 4.31 Å². The fraction of sp³-hybridized carbons (Fsp3) is 0.100. The second-order valence-electron chi connectivity index (χ2n) is 5.95. The van der Waals surface area contributed by atoms with E-state index in [1.54, 1.807) is 42.6 Å². The van der Waals surface area contributed by atoms with E-state index < -0.39 is 15.9 Å². The van der Waals surface area contributed by atoms with Crippen molar-refractivity contribution in [1.82, 2.24) is 10.3 Å². The highest BCUT2D eigenvalue weighted by Crippen LogP contribution is 2.26. The van der Waals surface area contributed by atoms with Gasteiger partial charge < -0.3 is 5.32 Å². The molecule has 6 nitrogen and oxygen atoms in total. The quantitative estimate of drug-likeness (QED) is 0.668.